The number of aliphatic hydroxyl groups is 1. The summed E-state index contributed by atoms with van der Waals surface area (Å²) in [6.07, 6.45) is 9.95. The molecule has 200 valence electrons. The molecule has 0 saturated heterocycles. The molecule has 0 radical (unpaired) electrons. The van der Waals surface area contributed by atoms with E-state index in [-0.39, 0.29) is 18.6 Å². The number of benzene rings is 2. The molecular formula is C27H34N8O3. The molecule has 1 aliphatic carbocycles. The molecule has 2 aromatic carbocycles. The molecule has 0 unspecified atom stereocenters. The van der Waals surface area contributed by atoms with Crippen LogP contribution in [0.3, 0.4) is 0 Å². The van der Waals surface area contributed by atoms with E-state index in [0.717, 1.165) is 58.4 Å². The standard InChI is InChI=1S/C27H34N8O3/c36-16-20-11-19(5-6-26(20)38-22-3-1-4-22)14-28-10-7-27(37)30-9-2-8-29-24-12-21(35-17-32-33-18-35)13-25-23(24)15-31-34-25/h5-6,11-13,15,17-18,22,28-29,36H,1-4,7-10,14,16H2,(H,30,37)(H,31,34). The molecule has 1 saturated carbocycles. The summed E-state index contributed by atoms with van der Waals surface area (Å²) in [5.74, 6) is 0.789. The van der Waals surface area contributed by atoms with Gasteiger partial charge in [-0.1, -0.05) is 6.07 Å². The predicted molar refractivity (Wildman–Crippen MR) is 144 cm³/mol. The highest BCUT2D eigenvalue weighted by Crippen LogP contribution is 2.28. The molecule has 0 atom stereocenters. The van der Waals surface area contributed by atoms with Crippen LogP contribution in [0.4, 0.5) is 5.69 Å². The molecule has 1 aliphatic rings. The van der Waals surface area contributed by atoms with Crippen LogP contribution >= 0.6 is 0 Å². The van der Waals surface area contributed by atoms with Gasteiger partial charge in [-0.05, 0) is 55.5 Å². The van der Waals surface area contributed by atoms with Crippen molar-refractivity contribution in [3.05, 3.63) is 60.3 Å². The smallest absolute Gasteiger partial charge is 0.221 e. The van der Waals surface area contributed by atoms with Crippen molar-refractivity contribution in [2.75, 3.05) is 25.0 Å². The van der Waals surface area contributed by atoms with Crippen molar-refractivity contribution in [1.82, 2.24) is 35.6 Å². The zero-order chi connectivity index (χ0) is 26.2. The van der Waals surface area contributed by atoms with Gasteiger partial charge in [-0.25, -0.2) is 0 Å². The van der Waals surface area contributed by atoms with Crippen molar-refractivity contribution in [1.29, 1.82) is 0 Å². The van der Waals surface area contributed by atoms with E-state index in [2.05, 4.69) is 36.3 Å². The van der Waals surface area contributed by atoms with Crippen molar-refractivity contribution in [2.24, 2.45) is 0 Å². The number of rotatable bonds is 14. The van der Waals surface area contributed by atoms with E-state index in [9.17, 15) is 9.90 Å². The minimum atomic E-state index is -0.0480. The van der Waals surface area contributed by atoms with Crippen LogP contribution in [0.25, 0.3) is 16.6 Å². The van der Waals surface area contributed by atoms with E-state index in [1.54, 1.807) is 18.9 Å². The maximum Gasteiger partial charge on any atom is 0.221 e. The molecule has 0 aliphatic heterocycles. The molecule has 38 heavy (non-hydrogen) atoms. The minimum Gasteiger partial charge on any atom is -0.490 e. The highest BCUT2D eigenvalue weighted by Gasteiger charge is 2.20. The molecule has 1 amide bonds. The average molecular weight is 519 g/mol. The van der Waals surface area contributed by atoms with E-state index >= 15 is 0 Å². The van der Waals surface area contributed by atoms with Gasteiger partial charge in [0, 0.05) is 49.2 Å². The number of nitrogens with zero attached hydrogens (tertiary/aromatic N) is 4. The van der Waals surface area contributed by atoms with Crippen LogP contribution in [0.1, 0.15) is 43.2 Å². The lowest BCUT2D eigenvalue weighted by Crippen LogP contribution is -2.29. The summed E-state index contributed by atoms with van der Waals surface area (Å²) in [4.78, 5) is 12.2. The van der Waals surface area contributed by atoms with Crippen LogP contribution in [-0.4, -0.2) is 61.7 Å². The highest BCUT2D eigenvalue weighted by atomic mass is 16.5. The Kier molecular flexibility index (Phi) is 8.46. The number of carbonyl (C=O) groups excluding carboxylic acids is 1. The number of hydrogen-bond acceptors (Lipinski definition) is 8. The van der Waals surface area contributed by atoms with Gasteiger partial charge in [0.25, 0.3) is 0 Å². The van der Waals surface area contributed by atoms with Crippen LogP contribution in [-0.2, 0) is 17.9 Å². The van der Waals surface area contributed by atoms with Crippen LogP contribution in [0.2, 0.25) is 0 Å². The fourth-order valence-corrected chi connectivity index (χ4v) is 4.38. The van der Waals surface area contributed by atoms with Gasteiger partial charge < -0.3 is 25.8 Å². The van der Waals surface area contributed by atoms with Crippen molar-refractivity contribution < 1.29 is 14.6 Å². The summed E-state index contributed by atoms with van der Waals surface area (Å²) >= 11 is 0. The number of H-pyrrole nitrogens is 1. The second-order valence-electron chi connectivity index (χ2n) is 9.52. The van der Waals surface area contributed by atoms with Gasteiger partial charge in [0.2, 0.25) is 5.91 Å². The fourth-order valence-electron chi connectivity index (χ4n) is 4.38. The molecular weight excluding hydrogens is 484 g/mol. The molecule has 1 fully saturated rings. The number of fused-ring (bicyclic) bond motifs is 1. The highest BCUT2D eigenvalue weighted by molar-refractivity contribution is 5.93. The SMILES string of the molecule is O=C(CCNCc1ccc(OC2CCC2)c(CO)c1)NCCCNc1cc(-n2cnnc2)cc2[nH]ncc12. The maximum absolute atomic E-state index is 12.2. The van der Waals surface area contributed by atoms with Gasteiger partial charge in [-0.2, -0.15) is 5.10 Å². The number of hydrogen-bond donors (Lipinski definition) is 5. The molecule has 5 N–H and O–H groups in total. The largest absolute Gasteiger partial charge is 0.490 e. The monoisotopic (exact) mass is 518 g/mol. The Bertz CT molecular complexity index is 1330. The molecule has 4 aromatic rings. The van der Waals surface area contributed by atoms with Gasteiger partial charge in [0.1, 0.15) is 18.4 Å². The van der Waals surface area contributed by atoms with Crippen molar-refractivity contribution in [2.45, 2.75) is 51.4 Å². The Morgan fingerprint density at radius 2 is 2.00 bits per heavy atom. The van der Waals surface area contributed by atoms with Gasteiger partial charge in [0.05, 0.1) is 30.1 Å². The molecule has 0 bridgehead atoms. The molecule has 11 nitrogen and oxygen atoms in total. The van der Waals surface area contributed by atoms with Crippen molar-refractivity contribution in [3.8, 4) is 11.4 Å². The lowest BCUT2D eigenvalue weighted by Gasteiger charge is -2.27. The Hall–Kier alpha value is -3.96. The Morgan fingerprint density at radius 3 is 2.79 bits per heavy atom. The number of ether oxygens (including phenoxy) is 1. The summed E-state index contributed by atoms with van der Waals surface area (Å²) in [5.41, 5.74) is 4.68. The topological polar surface area (TPSA) is 142 Å². The van der Waals surface area contributed by atoms with Crippen LogP contribution in [0, 0.1) is 0 Å². The number of aliphatic hydroxyl groups excluding tert-OH is 1. The van der Waals surface area contributed by atoms with Crippen molar-refractivity contribution in [3.63, 3.8) is 0 Å². The molecule has 11 heteroatoms. The molecule has 5 rings (SSSR count). The van der Waals surface area contributed by atoms with E-state index in [0.29, 0.717) is 32.6 Å². The summed E-state index contributed by atoms with van der Waals surface area (Å²) in [7, 11) is 0. The summed E-state index contributed by atoms with van der Waals surface area (Å²) < 4.78 is 7.79. The number of nitrogens with one attached hydrogen (secondary N) is 4. The first-order valence-corrected chi connectivity index (χ1v) is 13.1. The quantitative estimate of drug-likeness (QED) is 0.160. The third-order valence-corrected chi connectivity index (χ3v) is 6.75. The van der Waals surface area contributed by atoms with Crippen molar-refractivity contribution >= 4 is 22.5 Å². The summed E-state index contributed by atoms with van der Waals surface area (Å²) in [5, 5.41) is 35.3. The van der Waals surface area contributed by atoms with Crippen LogP contribution in [0.15, 0.2) is 49.2 Å². The first-order valence-electron chi connectivity index (χ1n) is 13.1. The number of amides is 1. The fraction of sp³-hybridized carbons (Fsp3) is 0.407. The third kappa shape index (κ3) is 6.48. The van der Waals surface area contributed by atoms with Gasteiger partial charge in [-0.15, -0.1) is 10.2 Å². The summed E-state index contributed by atoms with van der Waals surface area (Å²) in [6.45, 7) is 2.46. The number of anilines is 1. The molecule has 2 heterocycles. The number of aromatic amines is 1. The zero-order valence-electron chi connectivity index (χ0n) is 21.3. The van der Waals surface area contributed by atoms with Gasteiger partial charge >= 0.3 is 0 Å². The predicted octanol–water partition coefficient (Wildman–Crippen LogP) is 2.67. The normalized spacial score (nSPS) is 13.4. The maximum atomic E-state index is 12.2. The van der Waals surface area contributed by atoms with Crippen LogP contribution < -0.4 is 20.7 Å². The average Bonchev–Trinajstić information content (AvgIpc) is 3.61. The van der Waals surface area contributed by atoms with E-state index in [1.807, 2.05) is 34.9 Å². The lowest BCUT2D eigenvalue weighted by atomic mass is 9.96. The second kappa shape index (κ2) is 12.5. The Balaban J connectivity index is 0.994. The van der Waals surface area contributed by atoms with Gasteiger partial charge in [-0.3, -0.25) is 14.5 Å². The van der Waals surface area contributed by atoms with Gasteiger partial charge in [0.15, 0.2) is 0 Å². The Morgan fingerprint density at radius 1 is 1.13 bits per heavy atom. The number of carbonyl (C=O) groups is 1. The first kappa shape index (κ1) is 25.7. The molecule has 2 aromatic heterocycles. The molecule has 0 spiro atoms. The Labute approximate surface area is 221 Å². The van der Waals surface area contributed by atoms with E-state index in [4.69, 9.17) is 4.74 Å². The summed E-state index contributed by atoms with van der Waals surface area (Å²) in [6, 6.07) is 9.94. The number of aromatic nitrogens is 5. The van der Waals surface area contributed by atoms with E-state index in [1.165, 1.54) is 6.42 Å². The van der Waals surface area contributed by atoms with Crippen LogP contribution in [0.5, 0.6) is 5.75 Å². The zero-order valence-corrected chi connectivity index (χ0v) is 21.3. The van der Waals surface area contributed by atoms with E-state index < -0.39 is 0 Å². The lowest BCUT2D eigenvalue weighted by molar-refractivity contribution is -0.120. The second-order valence-corrected chi connectivity index (χ2v) is 9.52. The minimum absolute atomic E-state index is 0.0182. The first-order chi connectivity index (χ1) is 18.7. The third-order valence-electron chi connectivity index (χ3n) is 6.75.